The van der Waals surface area contributed by atoms with Crippen LogP contribution < -0.4 is 20.1 Å². The zero-order valence-corrected chi connectivity index (χ0v) is 27.5. The van der Waals surface area contributed by atoms with E-state index in [9.17, 15) is 35.9 Å². The van der Waals surface area contributed by atoms with Crippen LogP contribution in [0.5, 0.6) is 11.5 Å². The number of aromatic nitrogens is 1. The molecule has 3 aromatic rings. The minimum absolute atomic E-state index is 0.0362. The Morgan fingerprint density at radius 2 is 1.64 bits per heavy atom. The first-order chi connectivity index (χ1) is 23.8. The van der Waals surface area contributed by atoms with E-state index in [1.54, 1.807) is 11.8 Å². The Balaban J connectivity index is 1.50. The average Bonchev–Trinajstić information content (AvgIpc) is 3.10. The number of benzene rings is 2. The molecule has 50 heavy (non-hydrogen) atoms. The van der Waals surface area contributed by atoms with Crippen LogP contribution in [0, 0.1) is 0 Å². The summed E-state index contributed by atoms with van der Waals surface area (Å²) in [5.41, 5.74) is 1.88. The van der Waals surface area contributed by atoms with Crippen molar-refractivity contribution in [2.24, 2.45) is 5.73 Å². The van der Waals surface area contributed by atoms with Gasteiger partial charge in [-0.3, -0.25) is 14.6 Å². The minimum Gasteiger partial charge on any atom is -0.490 e. The first-order valence-electron chi connectivity index (χ1n) is 16.4. The summed E-state index contributed by atoms with van der Waals surface area (Å²) in [6.45, 7) is 3.75. The molecule has 0 aliphatic carbocycles. The average molecular weight is 708 g/mol. The summed E-state index contributed by atoms with van der Waals surface area (Å²) in [4.78, 5) is 37.5. The molecule has 15 heteroatoms. The maximum absolute atomic E-state index is 14.8. The normalized spacial score (nSPS) is 20.1. The number of carbonyl (C=O) groups excluding carboxylic acids is 2. The number of halogens is 6. The molecule has 2 fully saturated rings. The summed E-state index contributed by atoms with van der Waals surface area (Å²) in [5.74, 6) is -0.861. The highest BCUT2D eigenvalue weighted by atomic mass is 19.4. The van der Waals surface area contributed by atoms with E-state index in [1.165, 1.54) is 4.90 Å². The van der Waals surface area contributed by atoms with Crippen LogP contribution in [-0.4, -0.2) is 84.1 Å². The fourth-order valence-corrected chi connectivity index (χ4v) is 6.72. The molecule has 9 nitrogen and oxygen atoms in total. The van der Waals surface area contributed by atoms with Crippen molar-refractivity contribution in [2.45, 2.75) is 56.6 Å². The molecule has 2 aliphatic rings. The van der Waals surface area contributed by atoms with Gasteiger partial charge in [-0.1, -0.05) is 25.5 Å². The van der Waals surface area contributed by atoms with Gasteiger partial charge in [0.25, 0.3) is 11.8 Å². The van der Waals surface area contributed by atoms with E-state index in [-0.39, 0.29) is 44.6 Å². The van der Waals surface area contributed by atoms with Gasteiger partial charge in [0.2, 0.25) is 5.60 Å². The number of para-hydroxylation sites is 2. The standard InChI is InChI=1S/C35H39F6N5O4/c1-2-6-30-33(50-25-11-9-24(10-12-25)34(36,37)38,14-5-17-46(30)31(47)26-23-43-16-13-27(26)35(39,40)41)32(48)45-20-18-44(19-21-45)28-7-3-4-8-29(28)49-22-15-42/h3-4,7-13,16,23,30H,2,5-6,14-15,17-22,42H2,1H3/t30-,33+/m1/s1. The van der Waals surface area contributed by atoms with Gasteiger partial charge in [0, 0.05) is 58.1 Å². The van der Waals surface area contributed by atoms with Crippen LogP contribution in [-0.2, 0) is 17.1 Å². The lowest BCUT2D eigenvalue weighted by Gasteiger charge is -2.51. The van der Waals surface area contributed by atoms with Crippen LogP contribution in [0.1, 0.15) is 54.1 Å². The van der Waals surface area contributed by atoms with Crippen LogP contribution in [0.4, 0.5) is 32.0 Å². The zero-order valence-electron chi connectivity index (χ0n) is 27.5. The first kappa shape index (κ1) is 36.7. The zero-order chi connectivity index (χ0) is 36.1. The Kier molecular flexibility index (Phi) is 11.1. The van der Waals surface area contributed by atoms with Gasteiger partial charge in [-0.05, 0) is 55.3 Å². The third-order valence-corrected chi connectivity index (χ3v) is 9.03. The summed E-state index contributed by atoms with van der Waals surface area (Å²) >= 11 is 0. The van der Waals surface area contributed by atoms with Crippen molar-refractivity contribution in [1.82, 2.24) is 14.8 Å². The number of ether oxygens (including phenoxy) is 2. The molecule has 2 atom stereocenters. The third-order valence-electron chi connectivity index (χ3n) is 9.03. The van der Waals surface area contributed by atoms with Crippen LogP contribution in [0.15, 0.2) is 67.0 Å². The number of hydrogen-bond donors (Lipinski definition) is 1. The molecular formula is C35H39F6N5O4. The number of piperazine rings is 1. The van der Waals surface area contributed by atoms with Crippen molar-refractivity contribution >= 4 is 17.5 Å². The lowest BCUT2D eigenvalue weighted by atomic mass is 9.79. The van der Waals surface area contributed by atoms with Gasteiger partial charge in [-0.25, -0.2) is 0 Å². The van der Waals surface area contributed by atoms with Crippen molar-refractivity contribution in [3.05, 3.63) is 83.7 Å². The lowest BCUT2D eigenvalue weighted by Crippen LogP contribution is -2.69. The number of pyridine rings is 1. The Morgan fingerprint density at radius 1 is 0.940 bits per heavy atom. The molecule has 270 valence electrons. The van der Waals surface area contributed by atoms with Crippen LogP contribution >= 0.6 is 0 Å². The fourth-order valence-electron chi connectivity index (χ4n) is 6.72. The molecule has 2 N–H and O–H groups in total. The van der Waals surface area contributed by atoms with Gasteiger partial charge in [-0.2, -0.15) is 26.3 Å². The molecule has 1 aromatic heterocycles. The molecular weight excluding hydrogens is 668 g/mol. The first-order valence-corrected chi connectivity index (χ1v) is 16.4. The van der Waals surface area contributed by atoms with Gasteiger partial charge in [0.15, 0.2) is 0 Å². The lowest BCUT2D eigenvalue weighted by molar-refractivity contribution is -0.159. The fraction of sp³-hybridized carbons (Fsp3) is 0.457. The SMILES string of the molecule is CCC[C@H]1N(C(=O)c2cnccc2C(F)(F)F)CCC[C@@]1(Oc1ccc(C(F)(F)F)cc1)C(=O)N1CCN(c2ccccc2OCCN)CC1. The maximum atomic E-state index is 14.8. The number of carbonyl (C=O) groups is 2. The largest absolute Gasteiger partial charge is 0.490 e. The Hall–Kier alpha value is -4.53. The summed E-state index contributed by atoms with van der Waals surface area (Å²) in [6.07, 6.45) is -6.79. The van der Waals surface area contributed by atoms with Crippen LogP contribution in [0.3, 0.4) is 0 Å². The number of nitrogens with zero attached hydrogens (tertiary/aromatic N) is 4. The summed E-state index contributed by atoms with van der Waals surface area (Å²) in [5, 5.41) is 0. The van der Waals surface area contributed by atoms with Crippen molar-refractivity contribution in [3.63, 3.8) is 0 Å². The van der Waals surface area contributed by atoms with E-state index >= 15 is 0 Å². The number of rotatable bonds is 10. The van der Waals surface area contributed by atoms with Gasteiger partial charge in [0.1, 0.15) is 18.1 Å². The predicted octanol–water partition coefficient (Wildman–Crippen LogP) is 6.03. The van der Waals surface area contributed by atoms with Gasteiger partial charge in [-0.15, -0.1) is 0 Å². The highest BCUT2D eigenvalue weighted by molar-refractivity contribution is 5.97. The molecule has 0 saturated carbocycles. The molecule has 0 unspecified atom stereocenters. The number of likely N-dealkylation sites (tertiary alicyclic amines) is 1. The quantitative estimate of drug-likeness (QED) is 0.257. The number of alkyl halides is 6. The van der Waals surface area contributed by atoms with E-state index in [0.29, 0.717) is 38.4 Å². The Bertz CT molecular complexity index is 1630. The molecule has 2 saturated heterocycles. The molecule has 2 amide bonds. The van der Waals surface area contributed by atoms with Gasteiger partial charge in [0.05, 0.1) is 28.4 Å². The van der Waals surface area contributed by atoms with Crippen molar-refractivity contribution in [3.8, 4) is 11.5 Å². The van der Waals surface area contributed by atoms with E-state index in [0.717, 1.165) is 48.4 Å². The van der Waals surface area contributed by atoms with Gasteiger partial charge < -0.3 is 29.9 Å². The number of anilines is 1. The monoisotopic (exact) mass is 707 g/mol. The molecule has 0 radical (unpaired) electrons. The number of hydrogen-bond acceptors (Lipinski definition) is 7. The van der Waals surface area contributed by atoms with Gasteiger partial charge >= 0.3 is 12.4 Å². The Morgan fingerprint density at radius 3 is 2.28 bits per heavy atom. The molecule has 5 rings (SSSR count). The van der Waals surface area contributed by atoms with Crippen LogP contribution in [0.25, 0.3) is 0 Å². The number of amides is 2. The summed E-state index contributed by atoms with van der Waals surface area (Å²) < 4.78 is 94.5. The summed E-state index contributed by atoms with van der Waals surface area (Å²) in [6, 6.07) is 11.0. The molecule has 2 aliphatic heterocycles. The highest BCUT2D eigenvalue weighted by Gasteiger charge is 2.56. The van der Waals surface area contributed by atoms with E-state index in [1.807, 2.05) is 24.3 Å². The maximum Gasteiger partial charge on any atom is 0.417 e. The van der Waals surface area contributed by atoms with Crippen molar-refractivity contribution in [2.75, 3.05) is 50.8 Å². The second kappa shape index (κ2) is 15.2. The second-order valence-corrected chi connectivity index (χ2v) is 12.2. The van der Waals surface area contributed by atoms with E-state index < -0.39 is 52.5 Å². The molecule has 2 aromatic carbocycles. The topological polar surface area (TPSA) is 101 Å². The highest BCUT2D eigenvalue weighted by Crippen LogP contribution is 2.41. The molecule has 0 spiro atoms. The second-order valence-electron chi connectivity index (χ2n) is 12.2. The van der Waals surface area contributed by atoms with Crippen LogP contribution in [0.2, 0.25) is 0 Å². The Labute approximate surface area is 285 Å². The molecule has 0 bridgehead atoms. The third kappa shape index (κ3) is 7.77. The summed E-state index contributed by atoms with van der Waals surface area (Å²) in [7, 11) is 0. The number of nitrogens with two attached hydrogens (primary N) is 1. The van der Waals surface area contributed by atoms with E-state index in [4.69, 9.17) is 15.2 Å². The number of piperidine rings is 1. The van der Waals surface area contributed by atoms with Crippen molar-refractivity contribution in [1.29, 1.82) is 0 Å². The minimum atomic E-state index is -4.85. The predicted molar refractivity (Wildman–Crippen MR) is 173 cm³/mol. The van der Waals surface area contributed by atoms with E-state index in [2.05, 4.69) is 9.88 Å². The molecule has 3 heterocycles. The smallest absolute Gasteiger partial charge is 0.417 e. The van der Waals surface area contributed by atoms with Crippen molar-refractivity contribution < 1.29 is 45.4 Å².